The molecule has 1 aliphatic rings. The van der Waals surface area contributed by atoms with Crippen LogP contribution in [-0.4, -0.2) is 38.6 Å². The normalized spacial score (nSPS) is 19.6. The summed E-state index contributed by atoms with van der Waals surface area (Å²) in [7, 11) is 0. The smallest absolute Gasteiger partial charge is 0.223 e. The van der Waals surface area contributed by atoms with Crippen LogP contribution in [0.1, 0.15) is 22.1 Å². The van der Waals surface area contributed by atoms with Gasteiger partial charge in [0.05, 0.1) is 37.1 Å². The van der Waals surface area contributed by atoms with E-state index in [2.05, 4.69) is 9.97 Å². The van der Waals surface area contributed by atoms with Crippen molar-refractivity contribution in [2.24, 2.45) is 0 Å². The van der Waals surface area contributed by atoms with Crippen LogP contribution in [0.3, 0.4) is 0 Å². The quantitative estimate of drug-likeness (QED) is 0.133. The van der Waals surface area contributed by atoms with Crippen molar-refractivity contribution >= 4 is 110 Å². The number of fused-ring (bicyclic) bond motifs is 1. The molecule has 0 amide bonds. The van der Waals surface area contributed by atoms with Crippen LogP contribution < -0.4 is 5.73 Å². The Balaban J connectivity index is 1.34. The molecule has 6 rings (SSSR count). The fourth-order valence-corrected chi connectivity index (χ4v) is 8.47. The van der Waals surface area contributed by atoms with Crippen LogP contribution in [0.4, 0.5) is 5.95 Å². The fraction of sp³-hybridized carbons (Fsp3) is 0.250. The van der Waals surface area contributed by atoms with Crippen LogP contribution in [0, 0.1) is 0 Å². The van der Waals surface area contributed by atoms with Gasteiger partial charge in [-0.25, -0.2) is 4.98 Å². The molecule has 5 aromatic rings. The zero-order valence-corrected chi connectivity index (χ0v) is 30.3. The molecule has 0 spiro atoms. The van der Waals surface area contributed by atoms with Crippen LogP contribution in [-0.2, 0) is 34.0 Å². The summed E-state index contributed by atoms with van der Waals surface area (Å²) in [6.45, 7) is 0.954. The van der Waals surface area contributed by atoms with Gasteiger partial charge in [-0.05, 0) is 59.2 Å². The summed E-state index contributed by atoms with van der Waals surface area (Å²) >= 11 is 46.0. The van der Waals surface area contributed by atoms with E-state index in [1.54, 1.807) is 48.2 Å². The van der Waals surface area contributed by atoms with Crippen LogP contribution in [0.5, 0.6) is 0 Å². The highest BCUT2D eigenvalue weighted by Crippen LogP contribution is 2.47. The number of halogens is 7. The molecule has 0 saturated carbocycles. The van der Waals surface area contributed by atoms with Crippen molar-refractivity contribution in [3.8, 4) is 0 Å². The number of ether oxygens (including phenoxy) is 3. The monoisotopic (exact) mass is 790 g/mol. The SMILES string of the molecule is Nc1nc(Cl)c2ccn([C@@H]3S[C@H](COCc4ccc(Cl)cc4Cl)[C@@H](OCc4ccc(Cl)cc4Cl)[C@@H]3OCc3ccc(Cl)cc3Cl)c2n1. The van der Waals surface area contributed by atoms with Crippen LogP contribution in [0.2, 0.25) is 35.3 Å². The molecule has 0 bridgehead atoms. The first-order chi connectivity index (χ1) is 22.6. The number of rotatable bonds is 11. The standard InChI is InChI=1S/C32H25Cl7N4O3S/c33-19-4-1-16(23(36)9-19)12-44-15-26-27(45-13-17-2-5-20(34)10-24(17)37)28(46-14-18-3-6-21(35)11-25(18)38)31(47-26)43-8-7-22-29(39)41-32(40)42-30(22)43/h1-11,26-28,31H,12-15H2,(H2,40,41,42)/t26-,27-,28+,31-/m1/s1. The highest BCUT2D eigenvalue weighted by Gasteiger charge is 2.47. The van der Waals surface area contributed by atoms with Gasteiger partial charge in [-0.2, -0.15) is 4.98 Å². The average Bonchev–Trinajstić information content (AvgIpc) is 3.58. The number of benzene rings is 3. The van der Waals surface area contributed by atoms with E-state index in [4.69, 9.17) is 101 Å². The van der Waals surface area contributed by atoms with Crippen molar-refractivity contribution in [3.63, 3.8) is 0 Å². The summed E-state index contributed by atoms with van der Waals surface area (Å²) in [4.78, 5) is 8.63. The van der Waals surface area contributed by atoms with Crippen LogP contribution in [0.25, 0.3) is 11.0 Å². The lowest BCUT2D eigenvalue weighted by molar-refractivity contribution is -0.0913. The summed E-state index contributed by atoms with van der Waals surface area (Å²) in [6, 6.07) is 17.7. The first-order valence-electron chi connectivity index (χ1n) is 14.1. The number of hydrogen-bond acceptors (Lipinski definition) is 7. The number of nitrogens with two attached hydrogens (primary N) is 1. The third-order valence-corrected chi connectivity index (χ3v) is 11.1. The minimum absolute atomic E-state index is 0.0563. The van der Waals surface area contributed by atoms with Gasteiger partial charge in [-0.15, -0.1) is 11.8 Å². The van der Waals surface area contributed by atoms with E-state index in [0.29, 0.717) is 47.8 Å². The maximum absolute atomic E-state index is 6.69. The lowest BCUT2D eigenvalue weighted by Crippen LogP contribution is -2.38. The minimum Gasteiger partial charge on any atom is -0.375 e. The molecule has 47 heavy (non-hydrogen) atoms. The molecule has 1 fully saturated rings. The van der Waals surface area contributed by atoms with E-state index in [1.165, 1.54) is 0 Å². The lowest BCUT2D eigenvalue weighted by atomic mass is 10.1. The van der Waals surface area contributed by atoms with Gasteiger partial charge in [0.15, 0.2) is 0 Å². The Morgan fingerprint density at radius 3 is 1.77 bits per heavy atom. The summed E-state index contributed by atoms with van der Waals surface area (Å²) in [6.07, 6.45) is 0.865. The largest absolute Gasteiger partial charge is 0.375 e. The molecule has 1 aliphatic heterocycles. The maximum Gasteiger partial charge on any atom is 0.223 e. The second-order valence-corrected chi connectivity index (χ2v) is 14.9. The highest BCUT2D eigenvalue weighted by molar-refractivity contribution is 8.00. The van der Waals surface area contributed by atoms with Crippen molar-refractivity contribution in [1.82, 2.24) is 14.5 Å². The molecule has 0 radical (unpaired) electrons. The van der Waals surface area contributed by atoms with E-state index in [9.17, 15) is 0 Å². The van der Waals surface area contributed by atoms with Gasteiger partial charge >= 0.3 is 0 Å². The third kappa shape index (κ3) is 8.22. The molecule has 3 heterocycles. The summed E-state index contributed by atoms with van der Waals surface area (Å²) in [5.74, 6) is 0.0563. The third-order valence-electron chi connectivity index (χ3n) is 7.55. The number of nitrogens with zero attached hydrogens (tertiary/aromatic N) is 3. The average molecular weight is 794 g/mol. The number of hydrogen-bond donors (Lipinski definition) is 1. The minimum atomic E-state index is -0.531. The Hall–Kier alpha value is -1.66. The molecule has 0 aliphatic carbocycles. The zero-order valence-electron chi connectivity index (χ0n) is 24.2. The Morgan fingerprint density at radius 2 is 1.21 bits per heavy atom. The molecule has 3 aromatic carbocycles. The molecule has 2 N–H and O–H groups in total. The van der Waals surface area contributed by atoms with Gasteiger partial charge in [-0.1, -0.05) is 99.4 Å². The van der Waals surface area contributed by atoms with Gasteiger partial charge < -0.3 is 24.5 Å². The predicted octanol–water partition coefficient (Wildman–Crippen LogP) is 10.6. The molecule has 246 valence electrons. The van der Waals surface area contributed by atoms with Crippen molar-refractivity contribution in [1.29, 1.82) is 0 Å². The van der Waals surface area contributed by atoms with Gasteiger partial charge in [-0.3, -0.25) is 0 Å². The predicted molar refractivity (Wildman–Crippen MR) is 194 cm³/mol. The zero-order chi connectivity index (χ0) is 33.2. The molecule has 4 atom stereocenters. The second-order valence-electron chi connectivity index (χ2n) is 10.7. The molecular weight excluding hydrogens is 769 g/mol. The molecule has 15 heteroatoms. The van der Waals surface area contributed by atoms with Crippen molar-refractivity contribution in [2.75, 3.05) is 12.3 Å². The summed E-state index contributed by atoms with van der Waals surface area (Å²) < 4.78 is 21.6. The van der Waals surface area contributed by atoms with Crippen LogP contribution >= 0.6 is 93.0 Å². The Labute approximate surface area is 310 Å². The maximum atomic E-state index is 6.69. The molecule has 7 nitrogen and oxygen atoms in total. The number of anilines is 1. The molecular formula is C32H25Cl7N4O3S. The van der Waals surface area contributed by atoms with E-state index in [-0.39, 0.29) is 41.5 Å². The molecule has 0 unspecified atom stereocenters. The molecule has 1 saturated heterocycles. The van der Waals surface area contributed by atoms with Gasteiger partial charge in [0.1, 0.15) is 28.4 Å². The van der Waals surface area contributed by atoms with E-state index in [1.807, 2.05) is 35.0 Å². The van der Waals surface area contributed by atoms with E-state index in [0.717, 1.165) is 16.7 Å². The summed E-state index contributed by atoms with van der Waals surface area (Å²) in [5.41, 5.74) is 8.93. The van der Waals surface area contributed by atoms with E-state index < -0.39 is 12.2 Å². The Kier molecular flexibility index (Phi) is 11.6. The Morgan fingerprint density at radius 1 is 0.681 bits per heavy atom. The Bertz CT molecular complexity index is 1910. The fourth-order valence-electron chi connectivity index (χ4n) is 5.24. The van der Waals surface area contributed by atoms with Gasteiger partial charge in [0, 0.05) is 36.3 Å². The van der Waals surface area contributed by atoms with E-state index >= 15 is 0 Å². The van der Waals surface area contributed by atoms with Crippen molar-refractivity contribution < 1.29 is 14.2 Å². The number of thioether (sulfide) groups is 1. The summed E-state index contributed by atoms with van der Waals surface area (Å²) in [5, 5.41) is 3.46. The lowest BCUT2D eigenvalue weighted by Gasteiger charge is -2.27. The van der Waals surface area contributed by atoms with Crippen molar-refractivity contribution in [3.05, 3.63) is 119 Å². The number of nitrogen functional groups attached to an aromatic ring is 1. The van der Waals surface area contributed by atoms with Crippen LogP contribution in [0.15, 0.2) is 66.9 Å². The van der Waals surface area contributed by atoms with Gasteiger partial charge in [0.25, 0.3) is 0 Å². The first-order valence-corrected chi connectivity index (χ1v) is 17.7. The van der Waals surface area contributed by atoms with Crippen molar-refractivity contribution in [2.45, 2.75) is 42.7 Å². The topological polar surface area (TPSA) is 84.4 Å². The molecule has 2 aromatic heterocycles. The number of aromatic nitrogens is 3. The first kappa shape index (κ1) is 35.2. The highest BCUT2D eigenvalue weighted by atomic mass is 35.5. The van der Waals surface area contributed by atoms with Gasteiger partial charge in [0.2, 0.25) is 5.95 Å². The second kappa shape index (κ2) is 15.5.